The number of pyridine rings is 1. The van der Waals surface area contributed by atoms with Crippen LogP contribution in [0.5, 0.6) is 0 Å². The van der Waals surface area contributed by atoms with Crippen LogP contribution in [0.2, 0.25) is 10.0 Å². The average molecular weight is 336 g/mol. The first-order chi connectivity index (χ1) is 10.6. The number of aromatic nitrogens is 1. The van der Waals surface area contributed by atoms with E-state index in [0.717, 1.165) is 28.3 Å². The molecule has 22 heavy (non-hydrogen) atoms. The first-order valence-electron chi connectivity index (χ1n) is 7.03. The fourth-order valence-electron chi connectivity index (χ4n) is 2.53. The van der Waals surface area contributed by atoms with Crippen molar-refractivity contribution in [2.45, 2.75) is 19.5 Å². The number of hydrogen-bond acceptors (Lipinski definition) is 2. The minimum atomic E-state index is -0.0950. The zero-order chi connectivity index (χ0) is 15.5. The fraction of sp³-hybridized carbons (Fsp3) is 0.250. The molecule has 2 amide bonds. The van der Waals surface area contributed by atoms with Gasteiger partial charge >= 0.3 is 6.03 Å². The predicted molar refractivity (Wildman–Crippen MR) is 87.0 cm³/mol. The Morgan fingerprint density at radius 3 is 2.91 bits per heavy atom. The summed E-state index contributed by atoms with van der Waals surface area (Å²) in [6, 6.07) is 9.29. The monoisotopic (exact) mass is 335 g/mol. The summed E-state index contributed by atoms with van der Waals surface area (Å²) >= 11 is 12.0. The van der Waals surface area contributed by atoms with Crippen molar-refractivity contribution in [2.75, 3.05) is 6.54 Å². The Morgan fingerprint density at radius 1 is 1.27 bits per heavy atom. The number of hydrogen-bond donors (Lipinski definition) is 1. The zero-order valence-corrected chi connectivity index (χ0v) is 13.4. The first-order valence-corrected chi connectivity index (χ1v) is 7.78. The second kappa shape index (κ2) is 6.55. The molecule has 6 heteroatoms. The van der Waals surface area contributed by atoms with Gasteiger partial charge < -0.3 is 10.2 Å². The van der Waals surface area contributed by atoms with Gasteiger partial charge in [0.2, 0.25) is 0 Å². The maximum atomic E-state index is 12.3. The lowest BCUT2D eigenvalue weighted by atomic mass is 10.00. The molecule has 0 spiro atoms. The number of nitrogens with zero attached hydrogens (tertiary/aromatic N) is 2. The zero-order valence-electron chi connectivity index (χ0n) is 11.9. The molecule has 1 aromatic carbocycles. The Labute approximate surface area is 139 Å². The molecular formula is C16H15Cl2N3O. The molecule has 4 nitrogen and oxygen atoms in total. The number of rotatable bonds is 2. The topological polar surface area (TPSA) is 45.2 Å². The number of carbonyl (C=O) groups is 1. The molecule has 0 aliphatic carbocycles. The van der Waals surface area contributed by atoms with Gasteiger partial charge in [-0.05, 0) is 35.7 Å². The van der Waals surface area contributed by atoms with Crippen molar-refractivity contribution in [3.05, 3.63) is 63.4 Å². The third-order valence-corrected chi connectivity index (χ3v) is 4.28. The second-order valence-corrected chi connectivity index (χ2v) is 6.02. The summed E-state index contributed by atoms with van der Waals surface area (Å²) in [6.07, 6.45) is 2.35. The van der Waals surface area contributed by atoms with Crippen molar-refractivity contribution in [2.24, 2.45) is 0 Å². The SMILES string of the molecule is O=C(NCc1ccc(Cl)cn1)N1CCc2c(Cl)cccc2C1. The Bertz CT molecular complexity index is 688. The number of fused-ring (bicyclic) bond motifs is 1. The minimum absolute atomic E-state index is 0.0950. The molecule has 3 rings (SSSR count). The van der Waals surface area contributed by atoms with Crippen LogP contribution in [-0.2, 0) is 19.5 Å². The van der Waals surface area contributed by atoms with E-state index in [1.165, 1.54) is 0 Å². The Balaban J connectivity index is 1.61. The second-order valence-electron chi connectivity index (χ2n) is 5.18. The van der Waals surface area contributed by atoms with E-state index in [2.05, 4.69) is 10.3 Å². The molecule has 0 radical (unpaired) electrons. The van der Waals surface area contributed by atoms with E-state index >= 15 is 0 Å². The van der Waals surface area contributed by atoms with Crippen LogP contribution in [0, 0.1) is 0 Å². The van der Waals surface area contributed by atoms with E-state index in [-0.39, 0.29) is 6.03 Å². The maximum absolute atomic E-state index is 12.3. The van der Waals surface area contributed by atoms with Gasteiger partial charge in [0.25, 0.3) is 0 Å². The van der Waals surface area contributed by atoms with Crippen LogP contribution in [-0.4, -0.2) is 22.5 Å². The molecule has 114 valence electrons. The Hall–Kier alpha value is -1.78. The lowest BCUT2D eigenvalue weighted by molar-refractivity contribution is 0.192. The standard InChI is InChI=1S/C16H15Cl2N3O/c17-12-4-5-13(19-8-12)9-20-16(22)21-7-6-14-11(10-21)2-1-3-15(14)18/h1-5,8H,6-7,9-10H2,(H,20,22). The van der Waals surface area contributed by atoms with Crippen molar-refractivity contribution >= 4 is 29.2 Å². The molecule has 1 aromatic heterocycles. The van der Waals surface area contributed by atoms with Gasteiger partial charge in [0.1, 0.15) is 0 Å². The van der Waals surface area contributed by atoms with Crippen LogP contribution in [0.15, 0.2) is 36.5 Å². The van der Waals surface area contributed by atoms with Gasteiger partial charge in [0.05, 0.1) is 17.3 Å². The summed E-state index contributed by atoms with van der Waals surface area (Å²) in [6.45, 7) is 1.63. The lowest BCUT2D eigenvalue weighted by Gasteiger charge is -2.29. The van der Waals surface area contributed by atoms with Crippen molar-refractivity contribution in [1.29, 1.82) is 0 Å². The number of halogens is 2. The van der Waals surface area contributed by atoms with E-state index in [1.807, 2.05) is 18.2 Å². The van der Waals surface area contributed by atoms with Crippen molar-refractivity contribution in [3.8, 4) is 0 Å². The highest BCUT2D eigenvalue weighted by molar-refractivity contribution is 6.31. The van der Waals surface area contributed by atoms with E-state index < -0.39 is 0 Å². The van der Waals surface area contributed by atoms with Gasteiger partial charge in [-0.1, -0.05) is 35.3 Å². The van der Waals surface area contributed by atoms with Crippen LogP contribution >= 0.6 is 23.2 Å². The fourth-order valence-corrected chi connectivity index (χ4v) is 2.93. The number of nitrogens with one attached hydrogen (secondary N) is 1. The molecule has 0 unspecified atom stereocenters. The molecule has 0 atom stereocenters. The number of benzene rings is 1. The summed E-state index contributed by atoms with van der Waals surface area (Å²) in [5.74, 6) is 0. The molecule has 1 N–H and O–H groups in total. The maximum Gasteiger partial charge on any atom is 0.318 e. The average Bonchev–Trinajstić information content (AvgIpc) is 2.54. The summed E-state index contributed by atoms with van der Waals surface area (Å²) in [5, 5.41) is 4.25. The first kappa shape index (κ1) is 15.1. The van der Waals surface area contributed by atoms with Gasteiger partial charge in [0, 0.05) is 24.3 Å². The Morgan fingerprint density at radius 2 is 2.14 bits per heavy atom. The van der Waals surface area contributed by atoms with E-state index in [9.17, 15) is 4.79 Å². The molecule has 0 saturated heterocycles. The third-order valence-electron chi connectivity index (χ3n) is 3.71. The van der Waals surface area contributed by atoms with E-state index in [1.54, 1.807) is 23.2 Å². The third kappa shape index (κ3) is 3.34. The molecule has 0 saturated carbocycles. The molecule has 2 heterocycles. The largest absolute Gasteiger partial charge is 0.332 e. The molecule has 1 aliphatic rings. The van der Waals surface area contributed by atoms with Crippen LogP contribution in [0.25, 0.3) is 0 Å². The summed E-state index contributed by atoms with van der Waals surface area (Å²) < 4.78 is 0. The number of urea groups is 1. The van der Waals surface area contributed by atoms with Gasteiger partial charge in [-0.2, -0.15) is 0 Å². The molecule has 0 bridgehead atoms. The van der Waals surface area contributed by atoms with Crippen LogP contribution < -0.4 is 5.32 Å². The molecule has 0 fully saturated rings. The van der Waals surface area contributed by atoms with Crippen molar-refractivity contribution in [1.82, 2.24) is 15.2 Å². The highest BCUT2D eigenvalue weighted by atomic mass is 35.5. The van der Waals surface area contributed by atoms with Crippen LogP contribution in [0.1, 0.15) is 16.8 Å². The highest BCUT2D eigenvalue weighted by Gasteiger charge is 2.21. The van der Waals surface area contributed by atoms with Crippen LogP contribution in [0.4, 0.5) is 4.79 Å². The normalized spacial score (nSPS) is 13.6. The van der Waals surface area contributed by atoms with Crippen LogP contribution in [0.3, 0.4) is 0 Å². The number of carbonyl (C=O) groups excluding carboxylic acids is 1. The molecule has 1 aliphatic heterocycles. The van der Waals surface area contributed by atoms with Crippen molar-refractivity contribution in [3.63, 3.8) is 0 Å². The van der Waals surface area contributed by atoms with Crippen molar-refractivity contribution < 1.29 is 4.79 Å². The van der Waals surface area contributed by atoms with E-state index in [4.69, 9.17) is 23.2 Å². The summed E-state index contributed by atoms with van der Waals surface area (Å²) in [7, 11) is 0. The molecular weight excluding hydrogens is 321 g/mol. The molecule has 2 aromatic rings. The van der Waals surface area contributed by atoms with Gasteiger partial charge in [-0.15, -0.1) is 0 Å². The Kier molecular flexibility index (Phi) is 4.50. The van der Waals surface area contributed by atoms with Gasteiger partial charge in [0.15, 0.2) is 0 Å². The van der Waals surface area contributed by atoms with Gasteiger partial charge in [-0.3, -0.25) is 4.98 Å². The lowest BCUT2D eigenvalue weighted by Crippen LogP contribution is -2.42. The summed E-state index contributed by atoms with van der Waals surface area (Å²) in [4.78, 5) is 18.2. The van der Waals surface area contributed by atoms with Gasteiger partial charge in [-0.25, -0.2) is 4.79 Å². The summed E-state index contributed by atoms with van der Waals surface area (Å²) in [5.41, 5.74) is 3.03. The predicted octanol–water partition coefficient (Wildman–Crippen LogP) is 3.66. The van der Waals surface area contributed by atoms with E-state index in [0.29, 0.717) is 24.7 Å². The number of amides is 2. The smallest absolute Gasteiger partial charge is 0.318 e. The highest BCUT2D eigenvalue weighted by Crippen LogP contribution is 2.25. The minimum Gasteiger partial charge on any atom is -0.332 e. The quantitative estimate of drug-likeness (QED) is 0.910.